The van der Waals surface area contributed by atoms with Gasteiger partial charge in [0.2, 0.25) is 7.49 Å². The van der Waals surface area contributed by atoms with Gasteiger partial charge in [-0.15, -0.1) is 0 Å². The van der Waals surface area contributed by atoms with Crippen LogP contribution >= 0.6 is 7.49 Å². The summed E-state index contributed by atoms with van der Waals surface area (Å²) >= 11 is 0. The minimum atomic E-state index is -2.82. The number of furan rings is 1. The summed E-state index contributed by atoms with van der Waals surface area (Å²) in [6.45, 7) is 4.30. The Morgan fingerprint density at radius 1 is 0.614 bits per heavy atom. The van der Waals surface area contributed by atoms with E-state index in [0.29, 0.717) is 0 Å². The Morgan fingerprint density at radius 3 is 2.02 bits per heavy atom. The van der Waals surface area contributed by atoms with Crippen LogP contribution in [0, 0.1) is 6.92 Å². The first-order chi connectivity index (χ1) is 21.6. The Bertz CT molecular complexity index is 2190. The molecule has 0 spiro atoms. The van der Waals surface area contributed by atoms with Gasteiger partial charge >= 0.3 is 0 Å². The maximum absolute atomic E-state index is 12.5. The third-order valence-corrected chi connectivity index (χ3v) is 12.1. The third kappa shape index (κ3) is 4.03. The summed E-state index contributed by atoms with van der Waals surface area (Å²) in [6.07, 6.45) is 5.23. The molecule has 0 aliphatic heterocycles. The molecular weight excluding hydrogens is 555 g/mol. The van der Waals surface area contributed by atoms with Crippen molar-refractivity contribution in [3.05, 3.63) is 145 Å². The molecule has 0 saturated heterocycles. The highest BCUT2D eigenvalue weighted by atomic mass is 31.2. The second kappa shape index (κ2) is 10.5. The quantitative estimate of drug-likeness (QED) is 0.197. The molecule has 0 radical (unpaired) electrons. The summed E-state index contributed by atoms with van der Waals surface area (Å²) in [5, 5.41) is 6.45. The predicted molar refractivity (Wildman–Crippen MR) is 189 cm³/mol. The molecule has 0 atom stereocenters. The van der Waals surface area contributed by atoms with E-state index in [-0.39, 0.29) is 0 Å². The highest BCUT2D eigenvalue weighted by molar-refractivity contribution is 7.91. The molecule has 1 heterocycles. The van der Waals surface area contributed by atoms with Gasteiger partial charge in [-0.05, 0) is 101 Å². The maximum atomic E-state index is 12.5. The van der Waals surface area contributed by atoms with E-state index in [0.717, 1.165) is 50.2 Å². The lowest BCUT2D eigenvalue weighted by atomic mass is 9.97. The predicted octanol–water partition coefficient (Wildman–Crippen LogP) is 9.83. The van der Waals surface area contributed by atoms with E-state index in [1.807, 2.05) is 60.7 Å². The Kier molecular flexibility index (Phi) is 6.38. The van der Waals surface area contributed by atoms with Crippen molar-refractivity contribution in [1.82, 2.24) is 0 Å². The van der Waals surface area contributed by atoms with E-state index in [1.165, 1.54) is 38.6 Å². The van der Waals surface area contributed by atoms with Crippen molar-refractivity contribution in [3.63, 3.8) is 0 Å². The fourth-order valence-electron chi connectivity index (χ4n) is 6.79. The minimum Gasteiger partial charge on any atom is -0.456 e. The molecule has 0 bridgehead atoms. The number of allylic oxidation sites excluding steroid dienone is 1. The summed E-state index contributed by atoms with van der Waals surface area (Å²) < 4.78 is 6.45. The number of benzene rings is 6. The van der Waals surface area contributed by atoms with E-state index >= 15 is 0 Å². The van der Waals surface area contributed by atoms with E-state index < -0.39 is 7.49 Å². The molecule has 44 heavy (non-hydrogen) atoms. The summed E-state index contributed by atoms with van der Waals surface area (Å²) in [5.74, 6) is 0.940. The topological polar surface area (TPSA) is 33.4 Å². The normalized spacial score (nSPS) is 12.4. The summed E-state index contributed by atoms with van der Waals surface area (Å²) in [5.41, 5.74) is 9.37. The lowest BCUT2D eigenvalue weighted by molar-refractivity contribution is 0.604. The fourth-order valence-corrected chi connectivity index (χ4v) is 9.52. The molecule has 1 aromatic heterocycles. The average molecular weight is 588 g/mol. The number of hydrogen-bond donors (Lipinski definition) is 1. The molecule has 7 aromatic rings. The summed E-state index contributed by atoms with van der Waals surface area (Å²) in [7, 11) is -2.82. The van der Waals surface area contributed by atoms with Gasteiger partial charge in [0.05, 0.1) is 0 Å². The van der Waals surface area contributed by atoms with Gasteiger partial charge in [-0.2, -0.15) is 0 Å². The van der Waals surface area contributed by atoms with Crippen LogP contribution in [0.1, 0.15) is 24.7 Å². The van der Waals surface area contributed by atoms with Crippen LogP contribution in [-0.2, 0) is 0 Å². The number of fused-ring (bicyclic) bond motifs is 5. The second-order valence-electron chi connectivity index (χ2n) is 11.5. The molecule has 2 nitrogen and oxygen atoms in total. The SMILES string of the molecule is CC/C=C\c1oc2c(cc3c4c(cccc42)-c2cc(-c4cccc([P+](O)(c5ccccc5)c5ccccc5)c4)ccc2-3)c1C. The van der Waals surface area contributed by atoms with Crippen LogP contribution in [0.4, 0.5) is 0 Å². The van der Waals surface area contributed by atoms with E-state index in [2.05, 4.69) is 92.7 Å². The molecule has 6 aromatic carbocycles. The molecule has 1 N–H and O–H groups in total. The standard InChI is InChI=1S/C41H32O2P/c1-3-4-21-39-27(2)36-26-38-33-23-22-29(25-37(33)34-19-12-20-35(40(34)38)41(36)43-39)28-13-11-18-32(24-28)44(42,30-14-7-5-8-15-30)31-16-9-6-10-17-31/h4-26,42H,3H2,1-2H3/q+1/b21-4-. The molecule has 8 rings (SSSR count). The van der Waals surface area contributed by atoms with Gasteiger partial charge in [0.15, 0.2) is 0 Å². The van der Waals surface area contributed by atoms with Crippen LogP contribution in [0.2, 0.25) is 0 Å². The lowest BCUT2D eigenvalue weighted by Crippen LogP contribution is -2.30. The zero-order valence-corrected chi connectivity index (χ0v) is 25.7. The van der Waals surface area contributed by atoms with Crippen molar-refractivity contribution in [2.24, 2.45) is 0 Å². The number of hydrogen-bond acceptors (Lipinski definition) is 2. The van der Waals surface area contributed by atoms with Gasteiger partial charge in [-0.1, -0.05) is 91.9 Å². The molecule has 0 fully saturated rings. The van der Waals surface area contributed by atoms with Crippen molar-refractivity contribution in [2.75, 3.05) is 0 Å². The van der Waals surface area contributed by atoms with Gasteiger partial charge in [-0.3, -0.25) is 0 Å². The summed E-state index contributed by atoms with van der Waals surface area (Å²) in [6, 6.07) is 44.4. The highest BCUT2D eigenvalue weighted by Crippen LogP contribution is 2.53. The first-order valence-corrected chi connectivity index (χ1v) is 17.0. The van der Waals surface area contributed by atoms with E-state index in [4.69, 9.17) is 4.42 Å². The van der Waals surface area contributed by atoms with E-state index in [9.17, 15) is 4.89 Å². The van der Waals surface area contributed by atoms with Crippen LogP contribution in [0.25, 0.3) is 61.2 Å². The minimum absolute atomic E-state index is 0.940. The smallest absolute Gasteiger partial charge is 0.238 e. The Hall–Kier alpha value is -4.75. The summed E-state index contributed by atoms with van der Waals surface area (Å²) in [4.78, 5) is 12.5. The second-order valence-corrected chi connectivity index (χ2v) is 14.4. The number of aryl methyl sites for hydroxylation is 1. The van der Waals surface area contributed by atoms with Crippen molar-refractivity contribution >= 4 is 51.2 Å². The molecular formula is C41H32O2P+. The number of rotatable bonds is 6. The van der Waals surface area contributed by atoms with Crippen LogP contribution in [0.15, 0.2) is 138 Å². The van der Waals surface area contributed by atoms with Crippen molar-refractivity contribution in [1.29, 1.82) is 0 Å². The van der Waals surface area contributed by atoms with Crippen molar-refractivity contribution in [3.8, 4) is 33.4 Å². The van der Waals surface area contributed by atoms with Gasteiger partial charge in [0, 0.05) is 21.7 Å². The van der Waals surface area contributed by atoms with Gasteiger partial charge in [0.25, 0.3) is 0 Å². The van der Waals surface area contributed by atoms with Crippen LogP contribution in [-0.4, -0.2) is 4.89 Å². The van der Waals surface area contributed by atoms with Gasteiger partial charge < -0.3 is 4.42 Å². The Labute approximate surface area is 258 Å². The maximum Gasteiger partial charge on any atom is 0.238 e. The van der Waals surface area contributed by atoms with Crippen molar-refractivity contribution in [2.45, 2.75) is 20.3 Å². The molecule has 212 valence electrons. The van der Waals surface area contributed by atoms with Gasteiger partial charge in [0.1, 0.15) is 27.3 Å². The molecule has 1 aliphatic rings. The van der Waals surface area contributed by atoms with Gasteiger partial charge in [-0.25, -0.2) is 4.89 Å². The molecule has 1 aliphatic carbocycles. The lowest BCUT2D eigenvalue weighted by Gasteiger charge is -2.20. The first kappa shape index (κ1) is 26.8. The fraction of sp³-hybridized carbons (Fsp3) is 0.0732. The van der Waals surface area contributed by atoms with Crippen LogP contribution in [0.3, 0.4) is 0 Å². The Balaban J connectivity index is 1.27. The van der Waals surface area contributed by atoms with Crippen LogP contribution < -0.4 is 15.9 Å². The average Bonchev–Trinajstić information content (AvgIpc) is 3.59. The van der Waals surface area contributed by atoms with E-state index in [1.54, 1.807) is 0 Å². The third-order valence-electron chi connectivity index (χ3n) is 9.02. The van der Waals surface area contributed by atoms with Crippen LogP contribution in [0.5, 0.6) is 0 Å². The first-order valence-electron chi connectivity index (χ1n) is 15.2. The monoisotopic (exact) mass is 587 g/mol. The molecule has 3 heteroatoms. The molecule has 0 amide bonds. The molecule has 0 unspecified atom stereocenters. The molecule has 0 saturated carbocycles. The highest BCUT2D eigenvalue weighted by Gasteiger charge is 2.44. The zero-order chi connectivity index (χ0) is 29.8. The van der Waals surface area contributed by atoms with Crippen molar-refractivity contribution < 1.29 is 9.31 Å². The Morgan fingerprint density at radius 2 is 1.30 bits per heavy atom. The zero-order valence-electron chi connectivity index (χ0n) is 24.8. The largest absolute Gasteiger partial charge is 0.456 e.